The molecule has 0 spiro atoms. The van der Waals surface area contributed by atoms with Crippen LogP contribution in [0.4, 0.5) is 5.69 Å². The molecule has 5 nitrogen and oxygen atoms in total. The topological polar surface area (TPSA) is 66.5 Å². The second-order valence-electron chi connectivity index (χ2n) is 7.25. The van der Waals surface area contributed by atoms with Gasteiger partial charge in [-0.3, -0.25) is 4.79 Å². The highest BCUT2D eigenvalue weighted by Crippen LogP contribution is 2.21. The van der Waals surface area contributed by atoms with Crippen molar-refractivity contribution in [3.05, 3.63) is 36.4 Å². The van der Waals surface area contributed by atoms with E-state index in [2.05, 4.69) is 11.6 Å². The average molecular weight is 393 g/mol. The summed E-state index contributed by atoms with van der Waals surface area (Å²) in [6.07, 6.45) is 12.8. The lowest BCUT2D eigenvalue weighted by Crippen LogP contribution is -2.34. The fraction of sp³-hybridized carbons (Fsp3) is 0.571. The summed E-state index contributed by atoms with van der Waals surface area (Å²) in [5.41, 5.74) is 0.675. The molecule has 0 atom stereocenters. The predicted molar refractivity (Wildman–Crippen MR) is 110 cm³/mol. The molecule has 1 aromatic rings. The second kappa shape index (κ2) is 10.6. The Morgan fingerprint density at radius 3 is 2.37 bits per heavy atom. The molecule has 0 heterocycles. The van der Waals surface area contributed by atoms with Crippen LogP contribution in [0.25, 0.3) is 0 Å². The van der Waals surface area contributed by atoms with E-state index >= 15 is 0 Å². The van der Waals surface area contributed by atoms with Crippen LogP contribution in [0.1, 0.15) is 64.7 Å². The van der Waals surface area contributed by atoms with Crippen molar-refractivity contribution in [1.82, 2.24) is 4.72 Å². The van der Waals surface area contributed by atoms with Crippen LogP contribution in [0.2, 0.25) is 0 Å². The number of anilines is 1. The van der Waals surface area contributed by atoms with Crippen molar-refractivity contribution in [2.24, 2.45) is 0 Å². The number of nitrogens with one attached hydrogen (secondary N) is 1. The van der Waals surface area contributed by atoms with Gasteiger partial charge in [0.2, 0.25) is 15.9 Å². The summed E-state index contributed by atoms with van der Waals surface area (Å²) in [6, 6.07) is 6.52. The van der Waals surface area contributed by atoms with Crippen LogP contribution in [0.5, 0.6) is 0 Å². The third kappa shape index (κ3) is 6.78. The summed E-state index contributed by atoms with van der Waals surface area (Å²) in [7, 11) is -1.83. The molecule has 0 aromatic heterocycles. The summed E-state index contributed by atoms with van der Waals surface area (Å²) in [5, 5.41) is 0. The maximum atomic E-state index is 12.6. The highest BCUT2D eigenvalue weighted by atomic mass is 32.2. The zero-order chi connectivity index (χ0) is 19.7. The van der Waals surface area contributed by atoms with Crippen LogP contribution in [0.15, 0.2) is 41.3 Å². The van der Waals surface area contributed by atoms with Gasteiger partial charge < -0.3 is 4.90 Å². The molecule has 27 heavy (non-hydrogen) atoms. The van der Waals surface area contributed by atoms with Crippen molar-refractivity contribution in [1.29, 1.82) is 0 Å². The molecule has 6 heteroatoms. The molecule has 1 fully saturated rings. The molecule has 1 aliphatic carbocycles. The van der Waals surface area contributed by atoms with Gasteiger partial charge in [0.05, 0.1) is 4.90 Å². The molecule has 1 amide bonds. The van der Waals surface area contributed by atoms with E-state index in [1.807, 2.05) is 6.08 Å². The number of likely N-dealkylation sites (N-methyl/N-ethyl adjacent to an activating group) is 1. The number of amides is 1. The van der Waals surface area contributed by atoms with Gasteiger partial charge in [-0.15, -0.1) is 0 Å². The third-order valence-corrected chi connectivity index (χ3v) is 6.56. The standard InChI is InChI=1S/C21H32N2O3S/c1-3-4-5-10-13-21(24)23(2)19-14-16-20(17-15-19)27(25,26)22-18-11-8-6-7-9-12-18/h10,13-18,22H,3-9,11-12H2,1-2H3/b13-10+. The largest absolute Gasteiger partial charge is 0.312 e. The lowest BCUT2D eigenvalue weighted by Gasteiger charge is -2.18. The van der Waals surface area contributed by atoms with E-state index < -0.39 is 10.0 Å². The van der Waals surface area contributed by atoms with Gasteiger partial charge in [-0.25, -0.2) is 13.1 Å². The Morgan fingerprint density at radius 2 is 1.78 bits per heavy atom. The summed E-state index contributed by atoms with van der Waals surface area (Å²) in [4.78, 5) is 14.0. The lowest BCUT2D eigenvalue weighted by molar-refractivity contribution is -0.113. The number of nitrogens with zero attached hydrogens (tertiary/aromatic N) is 1. The number of hydrogen-bond donors (Lipinski definition) is 1. The van der Waals surface area contributed by atoms with Gasteiger partial charge in [0, 0.05) is 18.8 Å². The number of unbranched alkanes of at least 4 members (excludes halogenated alkanes) is 2. The van der Waals surface area contributed by atoms with Gasteiger partial charge in [0.1, 0.15) is 0 Å². The zero-order valence-corrected chi connectivity index (χ0v) is 17.3. The Kier molecular flexibility index (Phi) is 8.51. The second-order valence-corrected chi connectivity index (χ2v) is 8.96. The summed E-state index contributed by atoms with van der Waals surface area (Å²) >= 11 is 0. The van der Waals surface area contributed by atoms with E-state index in [1.165, 1.54) is 17.7 Å². The van der Waals surface area contributed by atoms with Gasteiger partial charge in [0.15, 0.2) is 0 Å². The van der Waals surface area contributed by atoms with Crippen molar-refractivity contribution in [3.8, 4) is 0 Å². The zero-order valence-electron chi connectivity index (χ0n) is 16.5. The minimum atomic E-state index is -3.53. The lowest BCUT2D eigenvalue weighted by atomic mass is 10.1. The summed E-state index contributed by atoms with van der Waals surface area (Å²) in [5.74, 6) is -0.113. The highest BCUT2D eigenvalue weighted by Gasteiger charge is 2.21. The van der Waals surface area contributed by atoms with Gasteiger partial charge >= 0.3 is 0 Å². The number of hydrogen-bond acceptors (Lipinski definition) is 3. The predicted octanol–water partition coefficient (Wildman–Crippen LogP) is 4.40. The monoisotopic (exact) mass is 392 g/mol. The van der Waals surface area contributed by atoms with Crippen molar-refractivity contribution >= 4 is 21.6 Å². The Labute approximate surface area is 163 Å². The number of carbonyl (C=O) groups excluding carboxylic acids is 1. The van der Waals surface area contributed by atoms with Crippen LogP contribution in [-0.4, -0.2) is 27.4 Å². The first-order chi connectivity index (χ1) is 12.9. The maximum Gasteiger partial charge on any atom is 0.250 e. The molecule has 0 saturated heterocycles. The SMILES string of the molecule is CCCC/C=C/C(=O)N(C)c1ccc(S(=O)(=O)NC2CCCCCC2)cc1. The van der Waals surface area contributed by atoms with Crippen LogP contribution >= 0.6 is 0 Å². The molecule has 150 valence electrons. The van der Waals surface area contributed by atoms with Crippen LogP contribution in [-0.2, 0) is 14.8 Å². The maximum absolute atomic E-state index is 12.6. The molecular weight excluding hydrogens is 360 g/mol. The van der Waals surface area contributed by atoms with E-state index in [4.69, 9.17) is 0 Å². The molecule has 1 aromatic carbocycles. The van der Waals surface area contributed by atoms with Crippen molar-refractivity contribution in [2.45, 2.75) is 75.6 Å². The van der Waals surface area contributed by atoms with Crippen molar-refractivity contribution < 1.29 is 13.2 Å². The first-order valence-corrected chi connectivity index (χ1v) is 11.5. The van der Waals surface area contributed by atoms with E-state index in [-0.39, 0.29) is 16.8 Å². The van der Waals surface area contributed by atoms with Crippen molar-refractivity contribution in [2.75, 3.05) is 11.9 Å². The first kappa shape index (κ1) is 21.6. The van der Waals surface area contributed by atoms with Crippen molar-refractivity contribution in [3.63, 3.8) is 0 Å². The smallest absolute Gasteiger partial charge is 0.250 e. The fourth-order valence-corrected chi connectivity index (χ4v) is 4.58. The Morgan fingerprint density at radius 1 is 1.15 bits per heavy atom. The van der Waals surface area contributed by atoms with E-state index in [1.54, 1.807) is 37.4 Å². The number of allylic oxidation sites excluding steroid dienone is 1. The number of rotatable bonds is 8. The van der Waals surface area contributed by atoms with Gasteiger partial charge in [-0.05, 0) is 49.6 Å². The Hall–Kier alpha value is -1.66. The number of carbonyl (C=O) groups is 1. The summed E-state index contributed by atoms with van der Waals surface area (Å²) in [6.45, 7) is 2.11. The molecule has 0 unspecified atom stereocenters. The average Bonchev–Trinajstić information content (AvgIpc) is 2.92. The molecule has 0 aliphatic heterocycles. The quantitative estimate of drug-likeness (QED) is 0.405. The van der Waals surface area contributed by atoms with Gasteiger partial charge in [-0.1, -0.05) is 51.5 Å². The van der Waals surface area contributed by atoms with E-state index in [0.717, 1.165) is 44.9 Å². The molecule has 0 radical (unpaired) electrons. The third-order valence-electron chi connectivity index (χ3n) is 5.03. The van der Waals surface area contributed by atoms with E-state index in [9.17, 15) is 13.2 Å². The normalized spacial score (nSPS) is 16.4. The Balaban J connectivity index is 2.00. The highest BCUT2D eigenvalue weighted by molar-refractivity contribution is 7.89. The van der Waals surface area contributed by atoms with Gasteiger partial charge in [0.25, 0.3) is 0 Å². The minimum Gasteiger partial charge on any atom is -0.312 e. The first-order valence-electron chi connectivity index (χ1n) is 10.0. The number of benzene rings is 1. The Bertz CT molecular complexity index is 718. The van der Waals surface area contributed by atoms with Crippen LogP contribution < -0.4 is 9.62 Å². The van der Waals surface area contributed by atoms with Crippen LogP contribution in [0, 0.1) is 0 Å². The molecular formula is C21H32N2O3S. The minimum absolute atomic E-state index is 0.0229. The molecule has 0 bridgehead atoms. The molecule has 1 aliphatic rings. The molecule has 1 N–H and O–H groups in total. The van der Waals surface area contributed by atoms with Gasteiger partial charge in [-0.2, -0.15) is 0 Å². The molecule has 2 rings (SSSR count). The molecule has 1 saturated carbocycles. The summed E-state index contributed by atoms with van der Waals surface area (Å²) < 4.78 is 28.1. The number of sulfonamides is 1. The van der Waals surface area contributed by atoms with Crippen LogP contribution in [0.3, 0.4) is 0 Å². The van der Waals surface area contributed by atoms with E-state index in [0.29, 0.717) is 5.69 Å². The fourth-order valence-electron chi connectivity index (χ4n) is 3.28.